The Labute approximate surface area is 546 Å². The Morgan fingerprint density at radius 1 is 0.442 bits per heavy atom. The Morgan fingerprint density at radius 3 is 1.37 bits per heavy atom. The molecule has 13 rings (SSSR count). The number of rotatable bonds is 9. The average Bonchev–Trinajstić information content (AvgIpc) is 1.09. The van der Waals surface area contributed by atoms with Crippen molar-refractivity contribution >= 4 is 86.4 Å². The van der Waals surface area contributed by atoms with Crippen molar-refractivity contribution in [1.29, 1.82) is 0 Å². The second-order valence-electron chi connectivity index (χ2n) is 23.6. The molecule has 0 spiro atoms. The molecule has 0 fully saturated rings. The minimum Gasteiger partial charge on any atom is -0.453 e. The summed E-state index contributed by atoms with van der Waals surface area (Å²) in [6.45, 7) is 15.8. The van der Waals surface area contributed by atoms with Gasteiger partial charge in [-0.15, -0.1) is 65.2 Å². The topological polar surface area (TPSA) is 38.2 Å². The van der Waals surface area contributed by atoms with Crippen LogP contribution in [-0.4, -0.2) is 9.97 Å². The van der Waals surface area contributed by atoms with Crippen LogP contribution in [0.3, 0.4) is 0 Å². The number of ether oxygens (including phenoxy) is 1. The van der Waals surface area contributed by atoms with Crippen LogP contribution < -0.4 is 9.64 Å². The predicted octanol–water partition coefficient (Wildman–Crippen LogP) is 23.9. The van der Waals surface area contributed by atoms with Crippen LogP contribution in [-0.2, 0) is 37.4 Å². The molecule has 0 saturated heterocycles. The van der Waals surface area contributed by atoms with Gasteiger partial charge in [-0.2, -0.15) is 0 Å². The molecule has 0 unspecified atom stereocenters. The summed E-state index contributed by atoms with van der Waals surface area (Å²) in [7, 11) is 0. The van der Waals surface area contributed by atoms with Crippen LogP contribution >= 0.6 is 47.8 Å². The van der Waals surface area contributed by atoms with Gasteiger partial charge in [0.1, 0.15) is 0 Å². The maximum Gasteiger partial charge on any atom is 0.152 e. The number of hydrogen-bond acceptors (Lipinski definition) is 4. The number of aryl methyl sites for hydroxylation is 1. The molecule has 3 heterocycles. The van der Waals surface area contributed by atoms with Crippen molar-refractivity contribution in [2.24, 2.45) is 0 Å². The van der Waals surface area contributed by atoms with Gasteiger partial charge >= 0.3 is 0 Å². The van der Waals surface area contributed by atoms with E-state index >= 15 is 0 Å². The number of anilines is 3. The van der Waals surface area contributed by atoms with E-state index in [0.717, 1.165) is 87.3 Å². The minimum absolute atomic E-state index is 0. The first kappa shape index (κ1) is 61.8. The molecule has 1 radical (unpaired) electrons. The minimum atomic E-state index is 0. The number of pyridine rings is 2. The Balaban J connectivity index is 0.000000158. The van der Waals surface area contributed by atoms with Crippen LogP contribution in [0.2, 0.25) is 0 Å². The first-order valence-electron chi connectivity index (χ1n) is 29.0. The summed E-state index contributed by atoms with van der Waals surface area (Å²) in [4.78, 5) is 11.5. The number of unbranched alkanes of at least 4 members (excludes halogenated alkanes) is 1. The molecule has 1 aliphatic rings. The fourth-order valence-electron chi connectivity index (χ4n) is 10.7. The second kappa shape index (κ2) is 27.2. The van der Waals surface area contributed by atoms with E-state index in [4.69, 9.17) is 9.72 Å². The molecule has 0 aliphatic carbocycles. The monoisotopic (exact) mass is 1490 g/mol. The smallest absolute Gasteiger partial charge is 0.152 e. The molecular weight excluding hydrogens is 1430 g/mol. The quantitative estimate of drug-likeness (QED) is 0.135. The summed E-state index contributed by atoms with van der Waals surface area (Å²) in [5.74, 6) is 1.69. The zero-order chi connectivity index (χ0) is 59.2. The molecule has 0 atom stereocenters. The van der Waals surface area contributed by atoms with E-state index in [-0.39, 0.29) is 30.9 Å². The molecule has 0 bridgehead atoms. The van der Waals surface area contributed by atoms with Crippen molar-refractivity contribution in [3.05, 3.63) is 279 Å². The summed E-state index contributed by atoms with van der Waals surface area (Å²) in [5, 5.41) is 4.68. The van der Waals surface area contributed by atoms with Crippen LogP contribution in [0.4, 0.5) is 17.1 Å². The van der Waals surface area contributed by atoms with E-state index in [0.29, 0.717) is 0 Å². The number of nitrogens with zero attached hydrogens (tertiary/aromatic N) is 3. The van der Waals surface area contributed by atoms with Crippen LogP contribution in [0.1, 0.15) is 78.0 Å². The van der Waals surface area contributed by atoms with E-state index in [2.05, 4.69) is 288 Å². The molecule has 10 aromatic carbocycles. The fourth-order valence-corrected chi connectivity index (χ4v) is 11.7. The third kappa shape index (κ3) is 14.4. The molecule has 4 nitrogen and oxygen atoms in total. The summed E-state index contributed by atoms with van der Waals surface area (Å²) in [6.07, 6.45) is 7.30. The van der Waals surface area contributed by atoms with Crippen molar-refractivity contribution < 1.29 is 24.8 Å². The number of aromatic nitrogens is 2. The normalized spacial score (nSPS) is 11.7. The van der Waals surface area contributed by atoms with Gasteiger partial charge < -0.3 is 19.6 Å². The van der Waals surface area contributed by atoms with Gasteiger partial charge in [0.05, 0.1) is 11.4 Å². The summed E-state index contributed by atoms with van der Waals surface area (Å²) in [5.41, 5.74) is 18.7. The first-order valence-corrected chi connectivity index (χ1v) is 31.3. The maximum atomic E-state index is 6.17. The van der Waals surface area contributed by atoms with Gasteiger partial charge in [-0.05, 0) is 180 Å². The van der Waals surface area contributed by atoms with E-state index in [1.807, 2.05) is 67.0 Å². The standard InChI is InChI=1S/C41H38N.C22H19Br2NO.C15H9BrN.Ir/c1-40(2,3)36-18-14-28(15-19-36)33-25-34(29-16-20-37(21-17-29)41(4,5)6)27-35(26-33)31-11-9-12-32(24-31)39-38-13-8-7-10-30(38)22-23-42-39;1-2-3-4-15-5-9-18(10-6-15)25-19-11-7-16(23)13-21(19)26-22-14-17(24)8-12-20(22)25;16-13-6-3-5-12(10-13)15-14-7-2-1-4-11(14)8-9-17-15;/h7-11,13-27H,1-6H3;5-14H,2-4H2,1H3;1-4,6-10H;/q-1;;-1;. The Morgan fingerprint density at radius 2 is 0.895 bits per heavy atom. The number of hydrogen-bond donors (Lipinski definition) is 0. The number of benzene rings is 10. The van der Waals surface area contributed by atoms with Crippen molar-refractivity contribution in [2.75, 3.05) is 4.90 Å². The van der Waals surface area contributed by atoms with E-state index in [1.54, 1.807) is 0 Å². The predicted molar refractivity (Wildman–Crippen MR) is 369 cm³/mol. The van der Waals surface area contributed by atoms with Crippen molar-refractivity contribution in [2.45, 2.75) is 78.6 Å². The second-order valence-corrected chi connectivity index (χ2v) is 26.3. The van der Waals surface area contributed by atoms with Gasteiger partial charge in [-0.1, -0.05) is 216 Å². The van der Waals surface area contributed by atoms with Crippen LogP contribution in [0.5, 0.6) is 11.5 Å². The Kier molecular flexibility index (Phi) is 19.5. The first-order chi connectivity index (χ1) is 41.1. The maximum absolute atomic E-state index is 6.17. The van der Waals surface area contributed by atoms with Crippen molar-refractivity contribution in [1.82, 2.24) is 9.97 Å². The molecule has 2 aromatic heterocycles. The SMILES string of the molecule is Brc1cc[c-]c(-c2nccc3ccccc23)c1.CC(C)(C)c1ccc(-c2cc(-c3ccc(C(C)(C)C)cc3)cc(-c3cc[c-]c(-c4nccc5ccccc45)c3)c2)cc1.CCCCc1ccc(N2c3ccc(Br)cc3Oc3cc(Br)ccc32)cc1.[Ir]. The summed E-state index contributed by atoms with van der Waals surface area (Å²) >= 11 is 10.6. The molecule has 0 saturated carbocycles. The molecule has 8 heteroatoms. The van der Waals surface area contributed by atoms with Gasteiger partial charge in [-0.25, -0.2) is 0 Å². The van der Waals surface area contributed by atoms with Gasteiger partial charge in [0, 0.05) is 47.1 Å². The molecule has 1 aliphatic heterocycles. The Hall–Kier alpha value is -7.29. The zero-order valence-corrected chi connectivity index (χ0v) is 56.5. The fraction of sp³-hybridized carbons (Fsp3) is 0.154. The van der Waals surface area contributed by atoms with Gasteiger partial charge in [0.25, 0.3) is 0 Å². The third-order valence-corrected chi connectivity index (χ3v) is 16.9. The molecule has 12 aromatic rings. The zero-order valence-electron chi connectivity index (χ0n) is 49.4. The van der Waals surface area contributed by atoms with Crippen LogP contribution in [0.25, 0.3) is 77.4 Å². The third-order valence-electron chi connectivity index (χ3n) is 15.4. The van der Waals surface area contributed by atoms with Gasteiger partial charge in [0.2, 0.25) is 0 Å². The van der Waals surface area contributed by atoms with E-state index in [9.17, 15) is 0 Å². The van der Waals surface area contributed by atoms with Crippen molar-refractivity contribution in [3.8, 4) is 67.4 Å². The van der Waals surface area contributed by atoms with Crippen LogP contribution in [0.15, 0.2) is 250 Å². The van der Waals surface area contributed by atoms with E-state index < -0.39 is 0 Å². The van der Waals surface area contributed by atoms with Gasteiger partial charge in [0.15, 0.2) is 11.5 Å². The molecule has 431 valence electrons. The average molecular weight is 1490 g/mol. The number of fused-ring (bicyclic) bond motifs is 4. The molecule has 86 heavy (non-hydrogen) atoms. The van der Waals surface area contributed by atoms with Crippen molar-refractivity contribution in [3.63, 3.8) is 0 Å². The molecule has 0 N–H and O–H groups in total. The van der Waals surface area contributed by atoms with Crippen LogP contribution in [0, 0.1) is 12.1 Å². The van der Waals surface area contributed by atoms with E-state index in [1.165, 1.54) is 68.1 Å². The molecular formula is C78H66Br3IrN3O-2. The Bertz CT molecular complexity index is 4180. The molecule has 0 amide bonds. The summed E-state index contributed by atoms with van der Waals surface area (Å²) in [6, 6.07) is 86.0. The van der Waals surface area contributed by atoms with Gasteiger partial charge in [-0.3, -0.25) is 0 Å². The summed E-state index contributed by atoms with van der Waals surface area (Å²) < 4.78 is 9.22. The largest absolute Gasteiger partial charge is 0.453 e. The number of halogens is 3.